The van der Waals surface area contributed by atoms with Gasteiger partial charge >= 0.3 is 0 Å². The van der Waals surface area contributed by atoms with E-state index >= 15 is 0 Å². The summed E-state index contributed by atoms with van der Waals surface area (Å²) >= 11 is 0. The summed E-state index contributed by atoms with van der Waals surface area (Å²) in [7, 11) is -4.56. The summed E-state index contributed by atoms with van der Waals surface area (Å²) in [5.74, 6) is 0.153. The smallest absolute Gasteiger partial charge is 0.124 e. The van der Waals surface area contributed by atoms with Crippen LogP contribution in [-0.2, 0) is 10.1 Å². The van der Waals surface area contributed by atoms with Gasteiger partial charge in [0.05, 0.1) is 16.3 Å². The highest BCUT2D eigenvalue weighted by Gasteiger charge is 2.07. The highest BCUT2D eigenvalue weighted by molar-refractivity contribution is 7.85. The number of hydrogen-bond acceptors (Lipinski definition) is 6. The number of phenolic OH excluding ortho intramolecular Hbond substituents is 1. The van der Waals surface area contributed by atoms with Gasteiger partial charge in [-0.05, 0) is 35.7 Å². The summed E-state index contributed by atoms with van der Waals surface area (Å²) in [5.41, 5.74) is 1.00. The molecule has 0 saturated heterocycles. The normalized spacial score (nSPS) is 12.2. The molecule has 0 aliphatic heterocycles. The van der Waals surface area contributed by atoms with E-state index in [0.29, 0.717) is 22.1 Å². The summed E-state index contributed by atoms with van der Waals surface area (Å²) in [6.45, 7) is 0. The summed E-state index contributed by atoms with van der Waals surface area (Å²) in [5, 5.41) is 21.2. The third kappa shape index (κ3) is 3.25. The van der Waals surface area contributed by atoms with Crippen LogP contribution >= 0.6 is 0 Å². The minimum absolute atomic E-state index is 0.153. The van der Waals surface area contributed by atoms with Crippen molar-refractivity contribution in [1.29, 1.82) is 0 Å². The van der Waals surface area contributed by atoms with Gasteiger partial charge in [-0.1, -0.05) is 42.5 Å². The van der Waals surface area contributed by atoms with Gasteiger partial charge < -0.3 is 9.66 Å². The summed E-state index contributed by atoms with van der Waals surface area (Å²) in [4.78, 5) is -0.312. The minimum atomic E-state index is -4.56. The highest BCUT2D eigenvalue weighted by Crippen LogP contribution is 2.34. The van der Waals surface area contributed by atoms with Crippen molar-refractivity contribution in [3.63, 3.8) is 0 Å². The Kier molecular flexibility index (Phi) is 4.10. The van der Waals surface area contributed by atoms with Gasteiger partial charge in [-0.3, -0.25) is 0 Å². The van der Waals surface area contributed by atoms with Crippen LogP contribution in [0.15, 0.2) is 87.9 Å². The molecule has 0 unspecified atom stereocenters. The van der Waals surface area contributed by atoms with Crippen molar-refractivity contribution in [3.8, 4) is 5.75 Å². The van der Waals surface area contributed by atoms with E-state index in [1.54, 1.807) is 42.5 Å². The molecule has 0 spiro atoms. The molecule has 1 N–H and O–H groups in total. The van der Waals surface area contributed by atoms with E-state index in [0.717, 1.165) is 10.8 Å². The van der Waals surface area contributed by atoms with E-state index in [2.05, 4.69) is 10.2 Å². The number of benzene rings is 4. The molecule has 7 heteroatoms. The molecule has 0 aliphatic rings. The van der Waals surface area contributed by atoms with Crippen LogP contribution in [-0.4, -0.2) is 18.1 Å². The van der Waals surface area contributed by atoms with E-state index in [-0.39, 0.29) is 10.6 Å². The molecule has 0 fully saturated rings. The molecule has 0 aliphatic carbocycles. The molecule has 27 heavy (non-hydrogen) atoms. The van der Waals surface area contributed by atoms with Crippen LogP contribution in [0.25, 0.3) is 21.5 Å². The quantitative estimate of drug-likeness (QED) is 0.400. The monoisotopic (exact) mass is 377 g/mol. The average Bonchev–Trinajstić information content (AvgIpc) is 2.66. The molecule has 6 nitrogen and oxygen atoms in total. The summed E-state index contributed by atoms with van der Waals surface area (Å²) in [6.07, 6.45) is 0. The lowest BCUT2D eigenvalue weighted by atomic mass is 10.1. The van der Waals surface area contributed by atoms with Crippen LogP contribution in [0, 0.1) is 0 Å². The topological polar surface area (TPSA) is 102 Å². The van der Waals surface area contributed by atoms with Crippen molar-refractivity contribution < 1.29 is 18.1 Å². The maximum Gasteiger partial charge on any atom is 0.124 e. The molecule has 134 valence electrons. The average molecular weight is 377 g/mol. The molecular weight excluding hydrogens is 364 g/mol. The van der Waals surface area contributed by atoms with E-state index in [4.69, 9.17) is 0 Å². The fraction of sp³-hybridized carbons (Fsp3) is 0. The van der Waals surface area contributed by atoms with Gasteiger partial charge in [-0.2, -0.15) is 0 Å². The Morgan fingerprint density at radius 3 is 2.19 bits per heavy atom. The van der Waals surface area contributed by atoms with Gasteiger partial charge in [0, 0.05) is 16.2 Å². The van der Waals surface area contributed by atoms with Gasteiger partial charge in [-0.15, -0.1) is 10.2 Å². The summed E-state index contributed by atoms with van der Waals surface area (Å²) < 4.78 is 33.9. The first-order chi connectivity index (χ1) is 12.9. The number of azo groups is 1. The molecule has 4 aromatic rings. The fourth-order valence-corrected chi connectivity index (χ4v) is 3.44. The number of nitrogens with zero attached hydrogens (tertiary/aromatic N) is 2. The van der Waals surface area contributed by atoms with Crippen molar-refractivity contribution in [2.75, 3.05) is 0 Å². The van der Waals surface area contributed by atoms with Crippen molar-refractivity contribution in [2.45, 2.75) is 4.90 Å². The molecule has 0 heterocycles. The van der Waals surface area contributed by atoms with Crippen LogP contribution in [0.2, 0.25) is 0 Å². The van der Waals surface area contributed by atoms with Crippen LogP contribution in [0.4, 0.5) is 11.4 Å². The Hall–Kier alpha value is -3.29. The maximum absolute atomic E-state index is 11.3. The standard InChI is InChI=1S/C20H14N2O4S/c23-20-11-10-19(15-5-1-2-6-16(15)20)22-21-18-7-3-4-13-8-9-14(12-17(13)18)27(24,25)26/h1-12,23H,(H,24,25,26)/p-1. The first kappa shape index (κ1) is 17.1. The minimum Gasteiger partial charge on any atom is -0.744 e. The Morgan fingerprint density at radius 2 is 1.44 bits per heavy atom. The van der Waals surface area contributed by atoms with E-state index in [1.807, 2.05) is 18.2 Å². The molecule has 4 aromatic carbocycles. The lowest BCUT2D eigenvalue weighted by Gasteiger charge is -2.09. The molecule has 0 amide bonds. The van der Waals surface area contributed by atoms with Gasteiger partial charge in [0.2, 0.25) is 0 Å². The van der Waals surface area contributed by atoms with Gasteiger partial charge in [0.15, 0.2) is 0 Å². The second-order valence-electron chi connectivity index (χ2n) is 5.96. The molecule has 0 aromatic heterocycles. The summed E-state index contributed by atoms with van der Waals surface area (Å²) in [6, 6.07) is 19.9. The SMILES string of the molecule is O=S(=O)([O-])c1ccc2cccc(N=Nc3ccc(O)c4ccccc34)c2c1. The van der Waals surface area contributed by atoms with Crippen LogP contribution in [0.3, 0.4) is 0 Å². The van der Waals surface area contributed by atoms with E-state index in [9.17, 15) is 18.1 Å². The largest absolute Gasteiger partial charge is 0.744 e. The zero-order valence-electron chi connectivity index (χ0n) is 13.9. The number of phenols is 1. The Morgan fingerprint density at radius 1 is 0.741 bits per heavy atom. The predicted molar refractivity (Wildman–Crippen MR) is 102 cm³/mol. The van der Waals surface area contributed by atoms with Crippen molar-refractivity contribution in [1.82, 2.24) is 0 Å². The first-order valence-electron chi connectivity index (χ1n) is 8.05. The number of rotatable bonds is 3. The van der Waals surface area contributed by atoms with E-state index < -0.39 is 10.1 Å². The molecular formula is C20H13N2O4S-. The Bertz CT molecular complexity index is 1310. The molecule has 0 bridgehead atoms. The zero-order chi connectivity index (χ0) is 19.0. The predicted octanol–water partition coefficient (Wildman–Crippen LogP) is 5.02. The lowest BCUT2D eigenvalue weighted by Crippen LogP contribution is -1.97. The second kappa shape index (κ2) is 6.46. The van der Waals surface area contributed by atoms with Crippen molar-refractivity contribution in [2.24, 2.45) is 10.2 Å². The Labute approximate surface area is 155 Å². The van der Waals surface area contributed by atoms with Crippen LogP contribution in [0.5, 0.6) is 5.75 Å². The van der Waals surface area contributed by atoms with Gasteiger partial charge in [0.25, 0.3) is 0 Å². The lowest BCUT2D eigenvalue weighted by molar-refractivity contribution is 0.463. The van der Waals surface area contributed by atoms with Crippen LogP contribution < -0.4 is 0 Å². The first-order valence-corrected chi connectivity index (χ1v) is 9.45. The molecule has 0 atom stereocenters. The fourth-order valence-electron chi connectivity index (χ4n) is 2.94. The zero-order valence-corrected chi connectivity index (χ0v) is 14.7. The highest BCUT2D eigenvalue weighted by atomic mass is 32.2. The second-order valence-corrected chi connectivity index (χ2v) is 7.34. The molecule has 0 radical (unpaired) electrons. The molecule has 4 rings (SSSR count). The van der Waals surface area contributed by atoms with Gasteiger partial charge in [0.1, 0.15) is 15.9 Å². The molecule has 0 saturated carbocycles. The van der Waals surface area contributed by atoms with Crippen molar-refractivity contribution >= 4 is 43.0 Å². The number of hydrogen-bond donors (Lipinski definition) is 1. The van der Waals surface area contributed by atoms with Crippen molar-refractivity contribution in [3.05, 3.63) is 72.8 Å². The van der Waals surface area contributed by atoms with Gasteiger partial charge in [-0.25, -0.2) is 8.42 Å². The third-order valence-corrected chi connectivity index (χ3v) is 5.09. The maximum atomic E-state index is 11.3. The number of aromatic hydroxyl groups is 1. The van der Waals surface area contributed by atoms with Crippen LogP contribution in [0.1, 0.15) is 0 Å². The Balaban J connectivity index is 1.86. The number of fused-ring (bicyclic) bond motifs is 2. The third-order valence-electron chi connectivity index (χ3n) is 4.26. The van der Waals surface area contributed by atoms with E-state index in [1.165, 1.54) is 12.1 Å².